The molecule has 0 radical (unpaired) electrons. The van der Waals surface area contributed by atoms with Crippen LogP contribution in [-0.2, 0) is 6.61 Å². The molecule has 0 unspecified atom stereocenters. The lowest BCUT2D eigenvalue weighted by atomic mass is 10.0. The van der Waals surface area contributed by atoms with Gasteiger partial charge in [-0.25, -0.2) is 4.39 Å². The second kappa shape index (κ2) is 4.64. The van der Waals surface area contributed by atoms with Gasteiger partial charge in [-0.15, -0.1) is 0 Å². The fraction of sp³-hybridized carbons (Fsp3) is 0.0769. The van der Waals surface area contributed by atoms with Gasteiger partial charge in [0.2, 0.25) is 0 Å². The molecule has 0 bridgehead atoms. The molecule has 0 aliphatic heterocycles. The van der Waals surface area contributed by atoms with Crippen LogP contribution in [-0.4, -0.2) is 5.11 Å². The molecule has 2 rings (SSSR count). The van der Waals surface area contributed by atoms with Gasteiger partial charge in [0.1, 0.15) is 5.82 Å². The lowest BCUT2D eigenvalue weighted by Crippen LogP contribution is -1.92. The molecule has 0 saturated heterocycles. The smallest absolute Gasteiger partial charge is 0.132 e. The molecule has 82 valence electrons. The van der Waals surface area contributed by atoms with Crippen molar-refractivity contribution in [2.24, 2.45) is 0 Å². The summed E-state index contributed by atoms with van der Waals surface area (Å²) in [5, 5.41) is 9.35. The van der Waals surface area contributed by atoms with Gasteiger partial charge in [-0.2, -0.15) is 0 Å². The monoisotopic (exact) mass is 236 g/mol. The third-order valence-electron chi connectivity index (χ3n) is 2.40. The van der Waals surface area contributed by atoms with Gasteiger partial charge in [0.05, 0.1) is 11.6 Å². The van der Waals surface area contributed by atoms with Crippen LogP contribution in [0.15, 0.2) is 42.5 Å². The number of halogens is 2. The predicted octanol–water partition coefficient (Wildman–Crippen LogP) is 3.64. The SMILES string of the molecule is OCc1ccc(F)c(-c2ccccc2)c1Cl. The predicted molar refractivity (Wildman–Crippen MR) is 62.8 cm³/mol. The van der Waals surface area contributed by atoms with Crippen LogP contribution < -0.4 is 0 Å². The van der Waals surface area contributed by atoms with E-state index in [0.29, 0.717) is 16.7 Å². The van der Waals surface area contributed by atoms with E-state index in [1.807, 2.05) is 18.2 Å². The highest BCUT2D eigenvalue weighted by Crippen LogP contribution is 2.33. The van der Waals surface area contributed by atoms with Crippen molar-refractivity contribution in [2.45, 2.75) is 6.61 Å². The Bertz CT molecular complexity index is 497. The van der Waals surface area contributed by atoms with Crippen LogP contribution in [0.4, 0.5) is 4.39 Å². The van der Waals surface area contributed by atoms with Gasteiger partial charge in [0, 0.05) is 5.56 Å². The Morgan fingerprint density at radius 3 is 2.38 bits per heavy atom. The summed E-state index contributed by atoms with van der Waals surface area (Å²) in [7, 11) is 0. The molecule has 2 aromatic rings. The van der Waals surface area contributed by atoms with E-state index < -0.39 is 0 Å². The van der Waals surface area contributed by atoms with E-state index >= 15 is 0 Å². The first-order valence-corrected chi connectivity index (χ1v) is 5.25. The summed E-state index contributed by atoms with van der Waals surface area (Å²) in [5.41, 5.74) is 1.58. The molecule has 0 heterocycles. The molecule has 0 aliphatic rings. The maximum Gasteiger partial charge on any atom is 0.132 e. The minimum Gasteiger partial charge on any atom is -0.392 e. The Balaban J connectivity index is 2.64. The van der Waals surface area contributed by atoms with Crippen molar-refractivity contribution in [1.82, 2.24) is 0 Å². The first kappa shape index (κ1) is 11.1. The molecule has 0 saturated carbocycles. The van der Waals surface area contributed by atoms with E-state index in [0.717, 1.165) is 0 Å². The van der Waals surface area contributed by atoms with Crippen molar-refractivity contribution < 1.29 is 9.50 Å². The second-order valence-corrected chi connectivity index (χ2v) is 3.80. The highest BCUT2D eigenvalue weighted by molar-refractivity contribution is 6.34. The standard InChI is InChI=1S/C13H10ClFO/c14-13-10(8-16)6-7-11(15)12(13)9-4-2-1-3-5-9/h1-7,16H,8H2. The Kier molecular flexibility index (Phi) is 3.22. The lowest BCUT2D eigenvalue weighted by Gasteiger charge is -2.09. The van der Waals surface area contributed by atoms with Crippen molar-refractivity contribution >= 4 is 11.6 Å². The first-order valence-electron chi connectivity index (χ1n) is 4.87. The molecule has 0 atom stereocenters. The molecule has 1 nitrogen and oxygen atoms in total. The number of hydrogen-bond donors (Lipinski definition) is 1. The molecule has 0 fully saturated rings. The molecule has 3 heteroatoms. The van der Waals surface area contributed by atoms with Crippen LogP contribution in [0.5, 0.6) is 0 Å². The molecular formula is C13H10ClFO. The topological polar surface area (TPSA) is 20.2 Å². The van der Waals surface area contributed by atoms with Gasteiger partial charge in [-0.3, -0.25) is 0 Å². The number of aliphatic hydroxyl groups excluding tert-OH is 1. The first-order chi connectivity index (χ1) is 7.74. The summed E-state index contributed by atoms with van der Waals surface area (Å²) in [6, 6.07) is 11.9. The van der Waals surface area contributed by atoms with Crippen LogP contribution >= 0.6 is 11.6 Å². The van der Waals surface area contributed by atoms with E-state index in [4.69, 9.17) is 16.7 Å². The second-order valence-electron chi connectivity index (χ2n) is 3.42. The maximum absolute atomic E-state index is 13.7. The van der Waals surface area contributed by atoms with E-state index in [2.05, 4.69) is 0 Å². The normalized spacial score (nSPS) is 10.4. The van der Waals surface area contributed by atoms with Gasteiger partial charge in [0.25, 0.3) is 0 Å². The minimum atomic E-state index is -0.381. The number of rotatable bonds is 2. The average Bonchev–Trinajstić information content (AvgIpc) is 2.31. The Morgan fingerprint density at radius 1 is 1.06 bits per heavy atom. The van der Waals surface area contributed by atoms with Crippen molar-refractivity contribution in [3.8, 4) is 11.1 Å². The van der Waals surface area contributed by atoms with Gasteiger partial charge < -0.3 is 5.11 Å². The molecule has 0 amide bonds. The number of benzene rings is 2. The van der Waals surface area contributed by atoms with Crippen molar-refractivity contribution in [2.75, 3.05) is 0 Å². The maximum atomic E-state index is 13.7. The van der Waals surface area contributed by atoms with Crippen LogP contribution in [0.3, 0.4) is 0 Å². The summed E-state index contributed by atoms with van der Waals surface area (Å²) in [4.78, 5) is 0. The van der Waals surface area contributed by atoms with Gasteiger partial charge in [-0.1, -0.05) is 48.0 Å². The Hall–Kier alpha value is -1.38. The quantitative estimate of drug-likeness (QED) is 0.844. The highest BCUT2D eigenvalue weighted by atomic mass is 35.5. The fourth-order valence-electron chi connectivity index (χ4n) is 1.59. The van der Waals surface area contributed by atoms with E-state index in [1.54, 1.807) is 12.1 Å². The third kappa shape index (κ3) is 1.94. The van der Waals surface area contributed by atoms with Crippen LogP contribution in [0, 0.1) is 5.82 Å². The van der Waals surface area contributed by atoms with Crippen molar-refractivity contribution in [3.63, 3.8) is 0 Å². The minimum absolute atomic E-state index is 0.195. The van der Waals surface area contributed by atoms with Gasteiger partial charge >= 0.3 is 0 Å². The summed E-state index contributed by atoms with van der Waals surface area (Å²) in [6.45, 7) is -0.195. The fourth-order valence-corrected chi connectivity index (χ4v) is 1.91. The molecule has 0 spiro atoms. The zero-order valence-corrected chi connectivity index (χ0v) is 9.21. The Morgan fingerprint density at radius 2 is 1.75 bits per heavy atom. The summed E-state index contributed by atoms with van der Waals surface area (Å²) >= 11 is 6.05. The number of aliphatic hydroxyl groups is 1. The Labute approximate surface area is 98.1 Å². The van der Waals surface area contributed by atoms with E-state index in [9.17, 15) is 4.39 Å². The molecular weight excluding hydrogens is 227 g/mol. The summed E-state index contributed by atoms with van der Waals surface area (Å²) < 4.78 is 13.7. The van der Waals surface area contributed by atoms with Crippen LogP contribution in [0.1, 0.15) is 5.56 Å². The zero-order valence-electron chi connectivity index (χ0n) is 8.45. The van der Waals surface area contributed by atoms with E-state index in [-0.39, 0.29) is 17.4 Å². The summed E-state index contributed by atoms with van der Waals surface area (Å²) in [6.07, 6.45) is 0. The lowest BCUT2D eigenvalue weighted by molar-refractivity contribution is 0.282. The van der Waals surface area contributed by atoms with Gasteiger partial charge in [0.15, 0.2) is 0 Å². The van der Waals surface area contributed by atoms with Crippen LogP contribution in [0.25, 0.3) is 11.1 Å². The third-order valence-corrected chi connectivity index (χ3v) is 2.84. The van der Waals surface area contributed by atoms with Crippen molar-refractivity contribution in [3.05, 3.63) is 58.9 Å². The largest absolute Gasteiger partial charge is 0.392 e. The molecule has 2 aromatic carbocycles. The number of hydrogen-bond acceptors (Lipinski definition) is 1. The molecule has 1 N–H and O–H groups in total. The van der Waals surface area contributed by atoms with Gasteiger partial charge in [-0.05, 0) is 17.2 Å². The average molecular weight is 237 g/mol. The zero-order chi connectivity index (χ0) is 11.5. The summed E-state index contributed by atoms with van der Waals surface area (Å²) in [5.74, 6) is -0.381. The van der Waals surface area contributed by atoms with Crippen LogP contribution in [0.2, 0.25) is 5.02 Å². The molecule has 0 aliphatic carbocycles. The molecule has 0 aromatic heterocycles. The van der Waals surface area contributed by atoms with E-state index in [1.165, 1.54) is 12.1 Å². The van der Waals surface area contributed by atoms with Crippen molar-refractivity contribution in [1.29, 1.82) is 0 Å². The highest BCUT2D eigenvalue weighted by Gasteiger charge is 2.12. The molecule has 16 heavy (non-hydrogen) atoms.